The van der Waals surface area contributed by atoms with Crippen LogP contribution in [0.2, 0.25) is 0 Å². The van der Waals surface area contributed by atoms with E-state index in [0.717, 1.165) is 24.8 Å². The maximum atomic E-state index is 10.2. The van der Waals surface area contributed by atoms with Gasteiger partial charge >= 0.3 is 0 Å². The molecule has 1 rings (SSSR count). The Kier molecular flexibility index (Phi) is 3.73. The molecule has 1 unspecified atom stereocenters. The van der Waals surface area contributed by atoms with Crippen LogP contribution in [0.25, 0.3) is 0 Å². The predicted molar refractivity (Wildman–Crippen MR) is 60.3 cm³/mol. The highest BCUT2D eigenvalue weighted by Gasteiger charge is 2.42. The summed E-state index contributed by atoms with van der Waals surface area (Å²) >= 11 is 0. The number of nitrogens with zero attached hydrogens (tertiary/aromatic N) is 1. The third-order valence-corrected chi connectivity index (χ3v) is 3.52. The van der Waals surface area contributed by atoms with Crippen molar-refractivity contribution in [3.63, 3.8) is 0 Å². The molecular formula is C12H23NO. The van der Waals surface area contributed by atoms with Crippen molar-refractivity contribution in [2.75, 3.05) is 14.1 Å². The van der Waals surface area contributed by atoms with Gasteiger partial charge in [0.1, 0.15) is 0 Å². The first-order chi connectivity index (χ1) is 6.49. The van der Waals surface area contributed by atoms with Crippen molar-refractivity contribution in [3.8, 4) is 0 Å². The lowest BCUT2D eigenvalue weighted by molar-refractivity contribution is -0.00238. The number of likely N-dealkylation sites (N-methyl/N-ethyl adjacent to an activating group) is 1. The summed E-state index contributed by atoms with van der Waals surface area (Å²) in [5, 5.41) is 10.2. The highest BCUT2D eigenvalue weighted by molar-refractivity contribution is 5.04. The van der Waals surface area contributed by atoms with Gasteiger partial charge in [-0.3, -0.25) is 0 Å². The minimum absolute atomic E-state index is 0.0128. The summed E-state index contributed by atoms with van der Waals surface area (Å²) in [6, 6.07) is 0. The first-order valence-corrected chi connectivity index (χ1v) is 5.49. The Labute approximate surface area is 87.6 Å². The van der Waals surface area contributed by atoms with Crippen LogP contribution in [0.15, 0.2) is 12.2 Å². The molecule has 0 bridgehead atoms. The highest BCUT2D eigenvalue weighted by atomic mass is 16.3. The molecule has 14 heavy (non-hydrogen) atoms. The van der Waals surface area contributed by atoms with Gasteiger partial charge in [-0.2, -0.15) is 0 Å². The van der Waals surface area contributed by atoms with Crippen molar-refractivity contribution in [1.82, 2.24) is 4.90 Å². The second-order valence-electron chi connectivity index (χ2n) is 4.88. The molecule has 1 aliphatic rings. The van der Waals surface area contributed by atoms with Crippen LogP contribution < -0.4 is 0 Å². The Morgan fingerprint density at radius 3 is 2.29 bits per heavy atom. The standard InChI is InChI=1S/C12H23NO/c1-10(2)9-11(14)12(13(3)4)7-5-6-8-12/h11,14H,1,5-9H2,2-4H3. The number of hydrogen-bond donors (Lipinski definition) is 1. The van der Waals surface area contributed by atoms with Crippen LogP contribution in [-0.2, 0) is 0 Å². The minimum Gasteiger partial charge on any atom is -0.391 e. The van der Waals surface area contributed by atoms with Crippen molar-refractivity contribution in [2.45, 2.75) is 50.7 Å². The van der Waals surface area contributed by atoms with E-state index in [2.05, 4.69) is 25.6 Å². The maximum Gasteiger partial charge on any atom is 0.0760 e. The molecule has 0 aromatic rings. The zero-order valence-corrected chi connectivity index (χ0v) is 9.71. The van der Waals surface area contributed by atoms with Gasteiger partial charge in [-0.1, -0.05) is 18.4 Å². The van der Waals surface area contributed by atoms with Crippen molar-refractivity contribution in [3.05, 3.63) is 12.2 Å². The Bertz CT molecular complexity index is 204. The summed E-state index contributed by atoms with van der Waals surface area (Å²) in [6.07, 6.45) is 5.20. The lowest BCUT2D eigenvalue weighted by atomic mass is 9.86. The minimum atomic E-state index is -0.252. The van der Waals surface area contributed by atoms with Crippen LogP contribution in [0.5, 0.6) is 0 Å². The van der Waals surface area contributed by atoms with E-state index in [0.29, 0.717) is 0 Å². The Hall–Kier alpha value is -0.340. The average Bonchev–Trinajstić information content (AvgIpc) is 2.51. The molecule has 1 saturated carbocycles. The van der Waals surface area contributed by atoms with Crippen LogP contribution in [0.3, 0.4) is 0 Å². The molecule has 2 heteroatoms. The van der Waals surface area contributed by atoms with Gasteiger partial charge in [0, 0.05) is 5.54 Å². The molecule has 0 aromatic heterocycles. The first kappa shape index (κ1) is 11.7. The van der Waals surface area contributed by atoms with E-state index in [4.69, 9.17) is 0 Å². The van der Waals surface area contributed by atoms with E-state index in [9.17, 15) is 5.11 Å². The van der Waals surface area contributed by atoms with Gasteiger partial charge in [-0.25, -0.2) is 0 Å². The van der Waals surface area contributed by atoms with E-state index < -0.39 is 0 Å². The Balaban J connectivity index is 2.71. The van der Waals surface area contributed by atoms with Gasteiger partial charge in [0.25, 0.3) is 0 Å². The molecule has 0 amide bonds. The third-order valence-electron chi connectivity index (χ3n) is 3.52. The molecule has 1 atom stereocenters. The lowest BCUT2D eigenvalue weighted by Crippen LogP contribution is -2.51. The Morgan fingerprint density at radius 1 is 1.43 bits per heavy atom. The van der Waals surface area contributed by atoms with Crippen molar-refractivity contribution >= 4 is 0 Å². The summed E-state index contributed by atoms with van der Waals surface area (Å²) in [5.74, 6) is 0. The fraction of sp³-hybridized carbons (Fsp3) is 0.833. The third kappa shape index (κ3) is 2.18. The van der Waals surface area contributed by atoms with Gasteiger partial charge in [0.05, 0.1) is 6.10 Å². The van der Waals surface area contributed by atoms with E-state index in [1.165, 1.54) is 12.8 Å². The zero-order valence-electron chi connectivity index (χ0n) is 9.71. The van der Waals surface area contributed by atoms with Crippen molar-refractivity contribution < 1.29 is 5.11 Å². The number of aliphatic hydroxyl groups excluding tert-OH is 1. The molecule has 0 saturated heterocycles. The molecule has 82 valence electrons. The van der Waals surface area contributed by atoms with Crippen LogP contribution >= 0.6 is 0 Å². The molecule has 1 N–H and O–H groups in total. The van der Waals surface area contributed by atoms with Crippen molar-refractivity contribution in [2.24, 2.45) is 0 Å². The molecule has 0 radical (unpaired) electrons. The molecule has 2 nitrogen and oxygen atoms in total. The predicted octanol–water partition coefficient (Wildman–Crippen LogP) is 2.19. The molecule has 0 aliphatic heterocycles. The molecule has 1 fully saturated rings. The largest absolute Gasteiger partial charge is 0.391 e. The average molecular weight is 197 g/mol. The summed E-state index contributed by atoms with van der Waals surface area (Å²) in [6.45, 7) is 5.87. The van der Waals surface area contributed by atoms with E-state index in [1.54, 1.807) is 0 Å². The van der Waals surface area contributed by atoms with Crippen LogP contribution in [0.4, 0.5) is 0 Å². The zero-order chi connectivity index (χ0) is 10.8. The quantitative estimate of drug-likeness (QED) is 0.698. The molecule has 0 heterocycles. The fourth-order valence-corrected chi connectivity index (χ4v) is 2.59. The highest BCUT2D eigenvalue weighted by Crippen LogP contribution is 2.38. The van der Waals surface area contributed by atoms with Crippen LogP contribution in [-0.4, -0.2) is 35.7 Å². The first-order valence-electron chi connectivity index (χ1n) is 5.49. The number of aliphatic hydroxyl groups is 1. The van der Waals surface area contributed by atoms with Gasteiger partial charge in [-0.05, 0) is 40.3 Å². The lowest BCUT2D eigenvalue weighted by Gasteiger charge is -2.40. The van der Waals surface area contributed by atoms with Crippen LogP contribution in [0, 0.1) is 0 Å². The Morgan fingerprint density at radius 2 is 1.93 bits per heavy atom. The van der Waals surface area contributed by atoms with E-state index in [-0.39, 0.29) is 11.6 Å². The van der Waals surface area contributed by atoms with Crippen molar-refractivity contribution in [1.29, 1.82) is 0 Å². The molecule has 0 aromatic carbocycles. The normalized spacial score (nSPS) is 22.6. The topological polar surface area (TPSA) is 23.5 Å². The van der Waals surface area contributed by atoms with Gasteiger partial charge < -0.3 is 10.0 Å². The second kappa shape index (κ2) is 4.45. The monoisotopic (exact) mass is 197 g/mol. The number of rotatable bonds is 4. The maximum absolute atomic E-state index is 10.2. The van der Waals surface area contributed by atoms with Gasteiger partial charge in [0.2, 0.25) is 0 Å². The SMILES string of the molecule is C=C(C)CC(O)C1(N(C)C)CCCC1. The second-order valence-corrected chi connectivity index (χ2v) is 4.88. The van der Waals surface area contributed by atoms with Gasteiger partial charge in [0.15, 0.2) is 0 Å². The summed E-state index contributed by atoms with van der Waals surface area (Å²) in [4.78, 5) is 2.20. The molecule has 0 spiro atoms. The summed E-state index contributed by atoms with van der Waals surface area (Å²) < 4.78 is 0. The smallest absolute Gasteiger partial charge is 0.0760 e. The fourth-order valence-electron chi connectivity index (χ4n) is 2.59. The van der Waals surface area contributed by atoms with E-state index in [1.807, 2.05) is 6.92 Å². The summed E-state index contributed by atoms with van der Waals surface area (Å²) in [7, 11) is 4.15. The van der Waals surface area contributed by atoms with Crippen LogP contribution in [0.1, 0.15) is 39.0 Å². The summed E-state index contributed by atoms with van der Waals surface area (Å²) in [5.41, 5.74) is 1.09. The molecule has 1 aliphatic carbocycles. The van der Waals surface area contributed by atoms with E-state index >= 15 is 0 Å². The number of hydrogen-bond acceptors (Lipinski definition) is 2. The van der Waals surface area contributed by atoms with Gasteiger partial charge in [-0.15, -0.1) is 6.58 Å². The molecular weight excluding hydrogens is 174 g/mol.